The van der Waals surface area contributed by atoms with E-state index in [1.54, 1.807) is 18.4 Å². The molecule has 1 amide bonds. The largest absolute Gasteiger partial charge is 0.497 e. The number of nitrogens with one attached hydrogen (secondary N) is 1. The van der Waals surface area contributed by atoms with Gasteiger partial charge in [-0.2, -0.15) is 0 Å². The van der Waals surface area contributed by atoms with Crippen LogP contribution in [0.3, 0.4) is 0 Å². The van der Waals surface area contributed by atoms with Crippen LogP contribution in [0.4, 0.5) is 5.69 Å². The number of carbonyl (C=O) groups excluding carboxylic acids is 1. The van der Waals surface area contributed by atoms with E-state index in [1.165, 1.54) is 9.77 Å². The topological polar surface area (TPSA) is 77.9 Å². The Bertz CT molecular complexity index is 1140. The van der Waals surface area contributed by atoms with Crippen molar-refractivity contribution in [2.24, 2.45) is 5.92 Å². The fourth-order valence-corrected chi connectivity index (χ4v) is 6.98. The number of nitrogens with zero attached hydrogens (tertiary/aromatic N) is 3. The lowest BCUT2D eigenvalue weighted by molar-refractivity contribution is -0.135. The van der Waals surface area contributed by atoms with Crippen molar-refractivity contribution in [1.82, 2.24) is 15.4 Å². The number of likely N-dealkylation sites (tertiary alicyclic amines) is 1. The molecule has 1 aliphatic rings. The molecule has 7 nitrogen and oxygen atoms in total. The molecule has 1 fully saturated rings. The number of aryl methyl sites for hydroxylation is 1. The zero-order valence-electron chi connectivity index (χ0n) is 21.3. The Morgan fingerprint density at radius 2 is 2.22 bits per heavy atom. The van der Waals surface area contributed by atoms with E-state index >= 15 is 0 Å². The summed E-state index contributed by atoms with van der Waals surface area (Å²) < 4.78 is 6.84. The van der Waals surface area contributed by atoms with E-state index < -0.39 is 0 Å². The van der Waals surface area contributed by atoms with Crippen molar-refractivity contribution in [2.75, 3.05) is 44.9 Å². The fraction of sp³-hybridized carbons (Fsp3) is 0.481. The first-order valence-corrected chi connectivity index (χ1v) is 14.3. The minimum atomic E-state index is -0.255. The second-order valence-corrected chi connectivity index (χ2v) is 11.8. The number of ether oxygens (including phenoxy) is 1. The van der Waals surface area contributed by atoms with Crippen molar-refractivity contribution < 1.29 is 14.7 Å². The molecule has 0 aliphatic carbocycles. The van der Waals surface area contributed by atoms with Crippen LogP contribution in [0.25, 0.3) is 10.9 Å². The van der Waals surface area contributed by atoms with Crippen LogP contribution in [-0.4, -0.2) is 67.1 Å². The van der Waals surface area contributed by atoms with Crippen molar-refractivity contribution in [2.45, 2.75) is 42.4 Å². The highest BCUT2D eigenvalue weighted by atomic mass is 32.2. The van der Waals surface area contributed by atoms with Crippen LogP contribution >= 0.6 is 23.1 Å². The normalized spacial score (nSPS) is 18.3. The molecular formula is C27H36N4O3S2. The standard InChI is InChI=1S/C27H36N4O3S2/c1-30(2)25-18-28-24-10-9-21(34-3)17-23(24)22(25)7-4-6-20-16-19(27(32)29-33)11-12-31(20)13-15-36-26-8-5-14-35-26/h5,8-10,14,17-20,33H,4,6-7,11-13,15-16H2,1-3H3,(H,29,32). The van der Waals surface area contributed by atoms with Gasteiger partial charge in [0.2, 0.25) is 5.91 Å². The lowest BCUT2D eigenvalue weighted by Crippen LogP contribution is -2.47. The molecular weight excluding hydrogens is 492 g/mol. The van der Waals surface area contributed by atoms with Crippen LogP contribution in [0.1, 0.15) is 31.2 Å². The number of fused-ring (bicyclic) bond motifs is 1. The minimum absolute atomic E-state index is 0.135. The van der Waals surface area contributed by atoms with Gasteiger partial charge in [-0.05, 0) is 73.9 Å². The van der Waals surface area contributed by atoms with Crippen LogP contribution in [-0.2, 0) is 11.2 Å². The highest BCUT2D eigenvalue weighted by Gasteiger charge is 2.31. The molecule has 1 saturated heterocycles. The predicted octanol–water partition coefficient (Wildman–Crippen LogP) is 5.07. The summed E-state index contributed by atoms with van der Waals surface area (Å²) in [4.78, 5) is 21.5. The maximum atomic E-state index is 12.2. The summed E-state index contributed by atoms with van der Waals surface area (Å²) in [5.41, 5.74) is 5.26. The summed E-state index contributed by atoms with van der Waals surface area (Å²) in [6, 6.07) is 10.6. The number of thiophene rings is 1. The molecule has 1 aromatic carbocycles. The molecule has 3 aromatic rings. The maximum Gasteiger partial charge on any atom is 0.246 e. The van der Waals surface area contributed by atoms with Gasteiger partial charge in [-0.15, -0.1) is 23.1 Å². The van der Waals surface area contributed by atoms with E-state index in [9.17, 15) is 10.0 Å². The Balaban J connectivity index is 1.47. The number of carbonyl (C=O) groups is 1. The molecule has 194 valence electrons. The third-order valence-corrected chi connectivity index (χ3v) is 9.16. The molecule has 4 rings (SSSR count). The van der Waals surface area contributed by atoms with Gasteiger partial charge in [0.15, 0.2) is 0 Å². The van der Waals surface area contributed by atoms with Gasteiger partial charge in [0.05, 0.1) is 28.7 Å². The van der Waals surface area contributed by atoms with Gasteiger partial charge >= 0.3 is 0 Å². The molecule has 2 atom stereocenters. The molecule has 1 aliphatic heterocycles. The highest BCUT2D eigenvalue weighted by Crippen LogP contribution is 2.33. The number of hydrogen-bond donors (Lipinski definition) is 2. The lowest BCUT2D eigenvalue weighted by Gasteiger charge is -2.39. The quantitative estimate of drug-likeness (QED) is 0.204. The molecule has 0 spiro atoms. The van der Waals surface area contributed by atoms with Crippen LogP contribution in [0, 0.1) is 5.92 Å². The van der Waals surface area contributed by atoms with Gasteiger partial charge < -0.3 is 9.64 Å². The Labute approximate surface area is 221 Å². The van der Waals surface area contributed by atoms with E-state index in [-0.39, 0.29) is 11.8 Å². The smallest absolute Gasteiger partial charge is 0.246 e. The molecule has 2 aromatic heterocycles. The molecule has 3 heterocycles. The molecule has 0 radical (unpaired) electrons. The third-order valence-electron chi connectivity index (χ3n) is 7.05. The minimum Gasteiger partial charge on any atom is -0.497 e. The highest BCUT2D eigenvalue weighted by molar-refractivity contribution is 8.01. The number of thioether (sulfide) groups is 1. The maximum absolute atomic E-state index is 12.2. The number of benzene rings is 1. The van der Waals surface area contributed by atoms with Crippen LogP contribution < -0.4 is 15.1 Å². The number of hydroxylamine groups is 1. The van der Waals surface area contributed by atoms with Gasteiger partial charge in [0.25, 0.3) is 0 Å². The second kappa shape index (κ2) is 12.8. The molecule has 2 unspecified atom stereocenters. The Morgan fingerprint density at radius 1 is 1.36 bits per heavy atom. The van der Waals surface area contributed by atoms with Gasteiger partial charge in [0, 0.05) is 43.7 Å². The zero-order valence-corrected chi connectivity index (χ0v) is 22.9. The summed E-state index contributed by atoms with van der Waals surface area (Å²) in [5.74, 6) is 1.48. The number of amides is 1. The number of aromatic nitrogens is 1. The van der Waals surface area contributed by atoms with Gasteiger partial charge in [-0.1, -0.05) is 6.07 Å². The average Bonchev–Trinajstić information content (AvgIpc) is 3.42. The van der Waals surface area contributed by atoms with Crippen LogP contribution in [0.5, 0.6) is 5.75 Å². The number of hydrogen-bond acceptors (Lipinski definition) is 8. The zero-order chi connectivity index (χ0) is 25.5. The van der Waals surface area contributed by atoms with Crippen molar-refractivity contribution in [3.8, 4) is 5.75 Å². The summed E-state index contributed by atoms with van der Waals surface area (Å²) in [7, 11) is 5.80. The third kappa shape index (κ3) is 6.51. The fourth-order valence-electron chi connectivity index (χ4n) is 5.14. The van der Waals surface area contributed by atoms with Crippen LogP contribution in [0.15, 0.2) is 46.1 Å². The monoisotopic (exact) mass is 528 g/mol. The SMILES string of the molecule is COc1ccc2ncc(N(C)C)c(CCCC3CC(C(=O)NO)CCN3CCSc3cccs3)c2c1. The van der Waals surface area contributed by atoms with Gasteiger partial charge in [0.1, 0.15) is 5.75 Å². The summed E-state index contributed by atoms with van der Waals surface area (Å²) in [5, 5.41) is 12.4. The Morgan fingerprint density at radius 3 is 2.94 bits per heavy atom. The summed E-state index contributed by atoms with van der Waals surface area (Å²) in [6.07, 6.45) is 6.45. The first kappa shape index (κ1) is 26.7. The van der Waals surface area contributed by atoms with E-state index in [0.29, 0.717) is 6.04 Å². The first-order chi connectivity index (χ1) is 17.5. The Hall–Kier alpha value is -2.33. The van der Waals surface area contributed by atoms with Crippen molar-refractivity contribution in [3.63, 3.8) is 0 Å². The van der Waals surface area contributed by atoms with E-state index in [1.807, 2.05) is 35.6 Å². The van der Waals surface area contributed by atoms with Crippen molar-refractivity contribution in [3.05, 3.63) is 47.5 Å². The average molecular weight is 529 g/mol. The number of rotatable bonds is 11. The summed E-state index contributed by atoms with van der Waals surface area (Å²) >= 11 is 3.68. The van der Waals surface area contributed by atoms with E-state index in [4.69, 9.17) is 4.74 Å². The summed E-state index contributed by atoms with van der Waals surface area (Å²) in [6.45, 7) is 1.88. The van der Waals surface area contributed by atoms with E-state index in [0.717, 1.165) is 73.3 Å². The number of pyridine rings is 1. The molecule has 2 N–H and O–H groups in total. The Kier molecular flexibility index (Phi) is 9.47. The number of piperidine rings is 1. The van der Waals surface area contributed by atoms with Crippen molar-refractivity contribution >= 4 is 45.6 Å². The molecule has 9 heteroatoms. The van der Waals surface area contributed by atoms with Crippen molar-refractivity contribution in [1.29, 1.82) is 0 Å². The van der Waals surface area contributed by atoms with Gasteiger partial charge in [-0.25, -0.2) is 5.48 Å². The predicted molar refractivity (Wildman–Crippen MR) is 149 cm³/mol. The van der Waals surface area contributed by atoms with E-state index in [2.05, 4.69) is 52.5 Å². The lowest BCUT2D eigenvalue weighted by atomic mass is 9.87. The molecule has 36 heavy (non-hydrogen) atoms. The van der Waals surface area contributed by atoms with Gasteiger partial charge in [-0.3, -0.25) is 19.9 Å². The first-order valence-electron chi connectivity index (χ1n) is 12.5. The second-order valence-electron chi connectivity index (χ2n) is 9.46. The number of anilines is 1. The van der Waals surface area contributed by atoms with Crippen LogP contribution in [0.2, 0.25) is 0 Å². The molecule has 0 saturated carbocycles. The number of methoxy groups -OCH3 is 1. The molecule has 0 bridgehead atoms.